The van der Waals surface area contributed by atoms with E-state index in [0.717, 1.165) is 16.8 Å². The van der Waals surface area contributed by atoms with Crippen LogP contribution in [0.4, 0.5) is 0 Å². The standard InChI is InChI=1S/C17H15ClN2O3S/c18-13-4-2-1-3-12(13)15-9-14(11-7-8-24-10-11)19-20(15)16(21)5-6-17(22)23/h1-4,7-8,10,15H,5-6,9H2,(H,22,23)/t15-/m1/s1. The number of carboxylic acid groups (broad SMARTS) is 1. The van der Waals surface area contributed by atoms with E-state index in [9.17, 15) is 9.59 Å². The minimum atomic E-state index is -1.00. The third-order valence-electron chi connectivity index (χ3n) is 3.84. The SMILES string of the molecule is O=C(O)CCC(=O)N1N=C(c2ccsc2)C[C@@H]1c1ccccc1Cl. The number of carbonyl (C=O) groups is 2. The molecule has 3 rings (SSSR count). The molecule has 1 N–H and O–H groups in total. The molecule has 2 heterocycles. The summed E-state index contributed by atoms with van der Waals surface area (Å²) in [5, 5.41) is 19.2. The second kappa shape index (κ2) is 7.15. The summed E-state index contributed by atoms with van der Waals surface area (Å²) in [4.78, 5) is 23.2. The van der Waals surface area contributed by atoms with Gasteiger partial charge >= 0.3 is 5.97 Å². The minimum Gasteiger partial charge on any atom is -0.481 e. The van der Waals surface area contributed by atoms with Crippen molar-refractivity contribution >= 4 is 40.5 Å². The third-order valence-corrected chi connectivity index (χ3v) is 4.86. The number of amides is 1. The van der Waals surface area contributed by atoms with Crippen molar-refractivity contribution < 1.29 is 14.7 Å². The normalized spacial score (nSPS) is 17.0. The van der Waals surface area contributed by atoms with Gasteiger partial charge in [-0.1, -0.05) is 29.8 Å². The Morgan fingerprint density at radius 1 is 1.29 bits per heavy atom. The molecule has 0 saturated heterocycles. The maximum Gasteiger partial charge on any atom is 0.303 e. The van der Waals surface area contributed by atoms with Crippen molar-refractivity contribution in [3.63, 3.8) is 0 Å². The molecule has 1 atom stereocenters. The van der Waals surface area contributed by atoms with Crippen molar-refractivity contribution in [2.24, 2.45) is 5.10 Å². The average Bonchev–Trinajstić information content (AvgIpc) is 3.22. The summed E-state index contributed by atoms with van der Waals surface area (Å²) in [7, 11) is 0. The quantitative estimate of drug-likeness (QED) is 0.875. The lowest BCUT2D eigenvalue weighted by Crippen LogP contribution is -2.27. The molecule has 0 aliphatic carbocycles. The summed E-state index contributed by atoms with van der Waals surface area (Å²) < 4.78 is 0. The maximum atomic E-state index is 12.5. The highest BCUT2D eigenvalue weighted by atomic mass is 35.5. The fraction of sp³-hybridized carbons (Fsp3) is 0.235. The van der Waals surface area contributed by atoms with Gasteiger partial charge in [-0.3, -0.25) is 9.59 Å². The summed E-state index contributed by atoms with van der Waals surface area (Å²) in [6.45, 7) is 0. The molecule has 24 heavy (non-hydrogen) atoms. The molecule has 2 aromatic rings. The van der Waals surface area contributed by atoms with Gasteiger partial charge in [-0.15, -0.1) is 0 Å². The van der Waals surface area contributed by atoms with E-state index >= 15 is 0 Å². The molecule has 1 aliphatic heterocycles. The largest absolute Gasteiger partial charge is 0.481 e. The molecule has 7 heteroatoms. The van der Waals surface area contributed by atoms with E-state index in [1.807, 2.05) is 35.0 Å². The van der Waals surface area contributed by atoms with Gasteiger partial charge in [0.05, 0.1) is 18.2 Å². The average molecular weight is 363 g/mol. The predicted octanol–water partition coefficient (Wildman–Crippen LogP) is 3.94. The summed E-state index contributed by atoms with van der Waals surface area (Å²) in [5.74, 6) is -1.31. The molecule has 0 radical (unpaired) electrons. The predicted molar refractivity (Wildman–Crippen MR) is 93.4 cm³/mol. The van der Waals surface area contributed by atoms with Crippen molar-refractivity contribution in [2.75, 3.05) is 0 Å². The molecule has 0 bridgehead atoms. The molecular weight excluding hydrogens is 348 g/mol. The lowest BCUT2D eigenvalue weighted by Gasteiger charge is -2.22. The Kier molecular flexibility index (Phi) is 4.97. The van der Waals surface area contributed by atoms with Crippen LogP contribution in [0, 0.1) is 0 Å². The highest BCUT2D eigenvalue weighted by molar-refractivity contribution is 7.08. The summed E-state index contributed by atoms with van der Waals surface area (Å²) >= 11 is 7.86. The first-order valence-corrected chi connectivity index (χ1v) is 8.76. The topological polar surface area (TPSA) is 70.0 Å². The molecule has 1 aliphatic rings. The molecule has 0 spiro atoms. The first-order chi connectivity index (χ1) is 11.6. The van der Waals surface area contributed by atoms with E-state index in [1.54, 1.807) is 17.4 Å². The number of hydrogen-bond donors (Lipinski definition) is 1. The number of hydrogen-bond acceptors (Lipinski definition) is 4. The van der Waals surface area contributed by atoms with E-state index < -0.39 is 5.97 Å². The van der Waals surface area contributed by atoms with Crippen LogP contribution < -0.4 is 0 Å². The lowest BCUT2D eigenvalue weighted by atomic mass is 9.99. The van der Waals surface area contributed by atoms with Crippen LogP contribution in [-0.2, 0) is 9.59 Å². The van der Waals surface area contributed by atoms with Gasteiger partial charge in [0.15, 0.2) is 0 Å². The van der Waals surface area contributed by atoms with Gasteiger partial charge in [-0.05, 0) is 28.5 Å². The van der Waals surface area contributed by atoms with Crippen LogP contribution in [0.1, 0.15) is 36.4 Å². The zero-order valence-corrected chi connectivity index (χ0v) is 14.3. The van der Waals surface area contributed by atoms with E-state index in [0.29, 0.717) is 11.4 Å². The van der Waals surface area contributed by atoms with E-state index in [-0.39, 0.29) is 24.8 Å². The molecular formula is C17H15ClN2O3S. The molecule has 0 unspecified atom stereocenters. The maximum absolute atomic E-state index is 12.5. The van der Waals surface area contributed by atoms with Crippen molar-refractivity contribution in [3.8, 4) is 0 Å². The van der Waals surface area contributed by atoms with Crippen LogP contribution in [0.15, 0.2) is 46.2 Å². The number of nitrogens with zero attached hydrogens (tertiary/aromatic N) is 2. The number of aliphatic carboxylic acids is 1. The summed E-state index contributed by atoms with van der Waals surface area (Å²) in [6.07, 6.45) is 0.254. The number of rotatable bonds is 5. The second-order valence-corrected chi connectivity index (χ2v) is 6.62. The van der Waals surface area contributed by atoms with Crippen LogP contribution in [0.2, 0.25) is 5.02 Å². The second-order valence-electron chi connectivity index (χ2n) is 5.43. The first-order valence-electron chi connectivity index (χ1n) is 7.44. The molecule has 5 nitrogen and oxygen atoms in total. The number of benzene rings is 1. The number of carbonyl (C=O) groups excluding carboxylic acids is 1. The monoisotopic (exact) mass is 362 g/mol. The van der Waals surface area contributed by atoms with E-state index in [2.05, 4.69) is 5.10 Å². The Balaban J connectivity index is 1.91. The zero-order valence-electron chi connectivity index (χ0n) is 12.7. The number of hydrazone groups is 1. The van der Waals surface area contributed by atoms with Gasteiger partial charge in [0.2, 0.25) is 5.91 Å². The van der Waals surface area contributed by atoms with Gasteiger partial charge in [0, 0.05) is 23.4 Å². The third kappa shape index (κ3) is 3.49. The fourth-order valence-electron chi connectivity index (χ4n) is 2.66. The van der Waals surface area contributed by atoms with Crippen LogP contribution >= 0.6 is 22.9 Å². The van der Waals surface area contributed by atoms with Gasteiger partial charge < -0.3 is 5.11 Å². The number of carboxylic acids is 1. The molecule has 0 fully saturated rings. The van der Waals surface area contributed by atoms with Gasteiger partial charge in [-0.2, -0.15) is 16.4 Å². The van der Waals surface area contributed by atoms with Crippen LogP contribution in [0.5, 0.6) is 0 Å². The van der Waals surface area contributed by atoms with E-state index in [1.165, 1.54) is 5.01 Å². The first kappa shape index (κ1) is 16.7. The lowest BCUT2D eigenvalue weighted by molar-refractivity contribution is -0.141. The Morgan fingerprint density at radius 3 is 2.75 bits per heavy atom. The molecule has 1 amide bonds. The molecule has 1 aromatic heterocycles. The highest BCUT2D eigenvalue weighted by Gasteiger charge is 2.34. The van der Waals surface area contributed by atoms with Crippen LogP contribution in [0.3, 0.4) is 0 Å². The smallest absolute Gasteiger partial charge is 0.303 e. The minimum absolute atomic E-state index is 0.0866. The number of halogens is 1. The van der Waals surface area contributed by atoms with Crippen molar-refractivity contribution in [2.45, 2.75) is 25.3 Å². The van der Waals surface area contributed by atoms with Crippen molar-refractivity contribution in [1.29, 1.82) is 0 Å². The Morgan fingerprint density at radius 2 is 2.08 bits per heavy atom. The zero-order chi connectivity index (χ0) is 17.1. The van der Waals surface area contributed by atoms with Gasteiger partial charge in [0.25, 0.3) is 0 Å². The van der Waals surface area contributed by atoms with Gasteiger partial charge in [-0.25, -0.2) is 5.01 Å². The molecule has 1 aromatic carbocycles. The van der Waals surface area contributed by atoms with Gasteiger partial charge in [0.1, 0.15) is 0 Å². The fourth-order valence-corrected chi connectivity index (χ4v) is 3.59. The Hall–Kier alpha value is -2.18. The van der Waals surface area contributed by atoms with Crippen molar-refractivity contribution in [1.82, 2.24) is 5.01 Å². The number of thiophene rings is 1. The highest BCUT2D eigenvalue weighted by Crippen LogP contribution is 2.36. The van der Waals surface area contributed by atoms with Crippen LogP contribution in [0.25, 0.3) is 0 Å². The summed E-state index contributed by atoms with van der Waals surface area (Å²) in [5.41, 5.74) is 2.60. The van der Waals surface area contributed by atoms with Crippen molar-refractivity contribution in [3.05, 3.63) is 57.2 Å². The Labute approximate surface area is 148 Å². The Bertz CT molecular complexity index is 789. The van der Waals surface area contributed by atoms with Crippen LogP contribution in [-0.4, -0.2) is 27.7 Å². The molecule has 124 valence electrons. The van der Waals surface area contributed by atoms with E-state index in [4.69, 9.17) is 16.7 Å². The molecule has 0 saturated carbocycles. The summed E-state index contributed by atoms with van der Waals surface area (Å²) in [6, 6.07) is 8.99.